The summed E-state index contributed by atoms with van der Waals surface area (Å²) < 4.78 is 0. The van der Waals surface area contributed by atoms with Gasteiger partial charge in [0.1, 0.15) is 11.1 Å². The number of carbonyl (C=O) groups is 1. The third-order valence-corrected chi connectivity index (χ3v) is 4.15. The fraction of sp³-hybridized carbons (Fsp3) is 0.235. The van der Waals surface area contributed by atoms with E-state index in [1.807, 2.05) is 26.0 Å². The number of hydrogen-bond donors (Lipinski definition) is 1. The Morgan fingerprint density at radius 1 is 1.45 bits per heavy atom. The molecule has 0 atom stereocenters. The highest BCUT2D eigenvalue weighted by Gasteiger charge is 2.11. The quantitative estimate of drug-likeness (QED) is 0.680. The first-order valence-electron chi connectivity index (χ1n) is 6.87. The lowest BCUT2D eigenvalue weighted by atomic mass is 10.1. The largest absolute Gasteiger partial charge is 0.352 e. The zero-order chi connectivity index (χ0) is 16.1. The van der Waals surface area contributed by atoms with Crippen molar-refractivity contribution in [3.63, 3.8) is 0 Å². The van der Waals surface area contributed by atoms with Gasteiger partial charge in [-0.1, -0.05) is 23.9 Å². The van der Waals surface area contributed by atoms with Gasteiger partial charge in [0.25, 0.3) is 0 Å². The number of benzene rings is 1. The molecule has 5 heteroatoms. The second-order valence-electron chi connectivity index (χ2n) is 4.98. The maximum Gasteiger partial charge on any atom is 0.230 e. The number of fused-ring (bicyclic) bond motifs is 1. The van der Waals surface area contributed by atoms with E-state index in [-0.39, 0.29) is 11.7 Å². The monoisotopic (exact) mass is 311 g/mol. The van der Waals surface area contributed by atoms with Gasteiger partial charge in [-0.3, -0.25) is 4.79 Å². The van der Waals surface area contributed by atoms with Crippen LogP contribution in [0.4, 0.5) is 0 Å². The van der Waals surface area contributed by atoms with Gasteiger partial charge in [0.05, 0.1) is 16.8 Å². The van der Waals surface area contributed by atoms with E-state index in [1.54, 1.807) is 6.08 Å². The molecule has 2 rings (SSSR count). The normalized spacial score (nSPS) is 10.2. The van der Waals surface area contributed by atoms with Crippen LogP contribution in [0.3, 0.4) is 0 Å². The molecule has 1 amide bonds. The van der Waals surface area contributed by atoms with Gasteiger partial charge in [-0.25, -0.2) is 4.98 Å². The summed E-state index contributed by atoms with van der Waals surface area (Å²) in [4.78, 5) is 16.2. The molecule has 0 spiro atoms. The van der Waals surface area contributed by atoms with Gasteiger partial charge >= 0.3 is 0 Å². The van der Waals surface area contributed by atoms with Crippen molar-refractivity contribution in [2.24, 2.45) is 0 Å². The Kier molecular flexibility index (Phi) is 5.18. The second kappa shape index (κ2) is 7.10. The van der Waals surface area contributed by atoms with E-state index in [2.05, 4.69) is 29.0 Å². The van der Waals surface area contributed by atoms with Crippen LogP contribution in [-0.4, -0.2) is 23.2 Å². The number of aromatic nitrogens is 1. The fourth-order valence-electron chi connectivity index (χ4n) is 2.17. The summed E-state index contributed by atoms with van der Waals surface area (Å²) in [7, 11) is 0. The molecule has 0 saturated carbocycles. The number of nitrogens with one attached hydrogen (secondary N) is 1. The molecule has 112 valence electrons. The lowest BCUT2D eigenvalue weighted by Gasteiger charge is -2.08. The van der Waals surface area contributed by atoms with Crippen molar-refractivity contribution in [3.05, 3.63) is 47.5 Å². The van der Waals surface area contributed by atoms with Gasteiger partial charge in [0.2, 0.25) is 5.91 Å². The smallest absolute Gasteiger partial charge is 0.230 e. The molecular weight excluding hydrogens is 294 g/mol. The Labute approximate surface area is 134 Å². The molecule has 1 heterocycles. The standard InChI is InChI=1S/C17H17N3OS/c1-4-5-19-16(21)10-22-17-13(9-18)8-14-12(3)6-11(2)7-15(14)20-17/h4,6-8H,1,5,10H2,2-3H3,(H,19,21). The molecule has 0 unspecified atom stereocenters. The van der Waals surface area contributed by atoms with Gasteiger partial charge < -0.3 is 5.32 Å². The minimum Gasteiger partial charge on any atom is -0.352 e. The number of carbonyl (C=O) groups excluding carboxylic acids is 1. The van der Waals surface area contributed by atoms with Crippen molar-refractivity contribution in [1.82, 2.24) is 10.3 Å². The summed E-state index contributed by atoms with van der Waals surface area (Å²) in [6, 6.07) is 8.08. The van der Waals surface area contributed by atoms with Gasteiger partial charge in [-0.05, 0) is 37.1 Å². The Bertz CT molecular complexity index is 778. The summed E-state index contributed by atoms with van der Waals surface area (Å²) in [5, 5.41) is 13.6. The van der Waals surface area contributed by atoms with Crippen LogP contribution in [0.5, 0.6) is 0 Å². The average Bonchev–Trinajstić information content (AvgIpc) is 2.49. The van der Waals surface area contributed by atoms with E-state index in [0.29, 0.717) is 17.1 Å². The Morgan fingerprint density at radius 3 is 2.91 bits per heavy atom. The number of nitrogens with zero attached hydrogens (tertiary/aromatic N) is 2. The van der Waals surface area contributed by atoms with E-state index in [0.717, 1.165) is 22.0 Å². The lowest BCUT2D eigenvalue weighted by Crippen LogP contribution is -2.25. The molecule has 0 saturated heterocycles. The van der Waals surface area contributed by atoms with Crippen molar-refractivity contribution >= 4 is 28.6 Å². The van der Waals surface area contributed by atoms with Crippen LogP contribution >= 0.6 is 11.8 Å². The molecule has 0 aliphatic rings. The summed E-state index contributed by atoms with van der Waals surface area (Å²) >= 11 is 1.28. The van der Waals surface area contributed by atoms with Gasteiger partial charge in [-0.2, -0.15) is 5.26 Å². The fourth-order valence-corrected chi connectivity index (χ4v) is 2.97. The first-order chi connectivity index (χ1) is 10.5. The average molecular weight is 311 g/mol. The van der Waals surface area contributed by atoms with Crippen molar-refractivity contribution in [3.8, 4) is 6.07 Å². The number of nitriles is 1. The molecule has 0 aliphatic heterocycles. The summed E-state index contributed by atoms with van der Waals surface area (Å²) in [5.41, 5.74) is 3.58. The summed E-state index contributed by atoms with van der Waals surface area (Å²) in [5.74, 6) is 0.127. The van der Waals surface area contributed by atoms with E-state index >= 15 is 0 Å². The van der Waals surface area contributed by atoms with E-state index in [4.69, 9.17) is 0 Å². The van der Waals surface area contributed by atoms with Gasteiger partial charge in [0.15, 0.2) is 0 Å². The molecule has 0 bridgehead atoms. The van der Waals surface area contributed by atoms with Crippen LogP contribution in [0.2, 0.25) is 0 Å². The lowest BCUT2D eigenvalue weighted by molar-refractivity contribution is -0.118. The van der Waals surface area contributed by atoms with Crippen LogP contribution in [0, 0.1) is 25.2 Å². The van der Waals surface area contributed by atoms with Crippen LogP contribution in [0.25, 0.3) is 10.9 Å². The first kappa shape index (κ1) is 16.1. The number of thioether (sulfide) groups is 1. The highest BCUT2D eigenvalue weighted by Crippen LogP contribution is 2.27. The zero-order valence-corrected chi connectivity index (χ0v) is 13.5. The molecule has 0 radical (unpaired) electrons. The predicted octanol–water partition coefficient (Wildman–Crippen LogP) is 3.12. The highest BCUT2D eigenvalue weighted by atomic mass is 32.2. The van der Waals surface area contributed by atoms with Crippen LogP contribution in [0.1, 0.15) is 16.7 Å². The Morgan fingerprint density at radius 2 is 2.23 bits per heavy atom. The summed E-state index contributed by atoms with van der Waals surface area (Å²) in [6.45, 7) is 8.01. The second-order valence-corrected chi connectivity index (χ2v) is 5.95. The van der Waals surface area contributed by atoms with Crippen molar-refractivity contribution in [1.29, 1.82) is 5.26 Å². The predicted molar refractivity (Wildman–Crippen MR) is 89.9 cm³/mol. The van der Waals surface area contributed by atoms with E-state index < -0.39 is 0 Å². The Balaban J connectivity index is 2.31. The molecule has 0 fully saturated rings. The minimum atomic E-state index is -0.101. The zero-order valence-electron chi connectivity index (χ0n) is 12.6. The van der Waals surface area contributed by atoms with E-state index in [1.165, 1.54) is 11.8 Å². The van der Waals surface area contributed by atoms with Crippen LogP contribution < -0.4 is 5.32 Å². The minimum absolute atomic E-state index is 0.101. The molecular formula is C17H17N3OS. The highest BCUT2D eigenvalue weighted by molar-refractivity contribution is 8.00. The van der Waals surface area contributed by atoms with Gasteiger partial charge in [0, 0.05) is 11.9 Å². The van der Waals surface area contributed by atoms with Crippen molar-refractivity contribution < 1.29 is 4.79 Å². The first-order valence-corrected chi connectivity index (χ1v) is 7.86. The third-order valence-electron chi connectivity index (χ3n) is 3.15. The maximum atomic E-state index is 11.7. The molecule has 4 nitrogen and oxygen atoms in total. The number of amides is 1. The Hall–Kier alpha value is -2.32. The van der Waals surface area contributed by atoms with Crippen LogP contribution in [-0.2, 0) is 4.79 Å². The summed E-state index contributed by atoms with van der Waals surface area (Å²) in [6.07, 6.45) is 1.63. The molecule has 0 aliphatic carbocycles. The molecule has 1 aromatic carbocycles. The molecule has 1 N–H and O–H groups in total. The number of rotatable bonds is 5. The van der Waals surface area contributed by atoms with Gasteiger partial charge in [-0.15, -0.1) is 6.58 Å². The van der Waals surface area contributed by atoms with Crippen molar-refractivity contribution in [2.75, 3.05) is 12.3 Å². The molecule has 22 heavy (non-hydrogen) atoms. The number of pyridine rings is 1. The number of hydrogen-bond acceptors (Lipinski definition) is 4. The topological polar surface area (TPSA) is 65.8 Å². The van der Waals surface area contributed by atoms with Crippen LogP contribution in [0.15, 0.2) is 35.9 Å². The third kappa shape index (κ3) is 3.66. The van der Waals surface area contributed by atoms with E-state index in [9.17, 15) is 10.1 Å². The number of aryl methyl sites for hydroxylation is 2. The molecule has 2 aromatic rings. The maximum absolute atomic E-state index is 11.7. The van der Waals surface area contributed by atoms with Crippen molar-refractivity contribution in [2.45, 2.75) is 18.9 Å². The molecule has 1 aromatic heterocycles. The SMILES string of the molecule is C=CCNC(=O)CSc1nc2cc(C)cc(C)c2cc1C#N.